The van der Waals surface area contributed by atoms with Crippen LogP contribution in [0.25, 0.3) is 11.5 Å². The molecule has 10 heteroatoms. The molecule has 0 spiro atoms. The van der Waals surface area contributed by atoms with Crippen LogP contribution in [0.1, 0.15) is 30.6 Å². The first-order valence-electron chi connectivity index (χ1n) is 9.98. The molecule has 8 nitrogen and oxygen atoms in total. The Morgan fingerprint density at radius 3 is 2.80 bits per heavy atom. The third-order valence-electron chi connectivity index (χ3n) is 5.86. The van der Waals surface area contributed by atoms with Gasteiger partial charge in [-0.15, -0.1) is 0 Å². The van der Waals surface area contributed by atoms with Crippen molar-refractivity contribution in [1.29, 1.82) is 0 Å². The molecule has 0 aliphatic carbocycles. The van der Waals surface area contributed by atoms with E-state index in [0.29, 0.717) is 29.7 Å². The van der Waals surface area contributed by atoms with Gasteiger partial charge in [-0.2, -0.15) is 8.75 Å². The molecule has 0 amide bonds. The second-order valence-electron chi connectivity index (χ2n) is 7.60. The number of nitrogens with zero attached hydrogens (tertiary/aromatic N) is 7. The van der Waals surface area contributed by atoms with Crippen molar-refractivity contribution < 1.29 is 9.13 Å². The van der Waals surface area contributed by atoms with E-state index in [1.54, 1.807) is 13.3 Å². The average molecular weight is 428 g/mol. The largest absolute Gasteiger partial charge is 0.380 e. The first-order chi connectivity index (χ1) is 14.6. The van der Waals surface area contributed by atoms with E-state index in [4.69, 9.17) is 14.7 Å². The number of ether oxygens (including phenoxy) is 1. The molecule has 0 bridgehead atoms. The van der Waals surface area contributed by atoms with Crippen LogP contribution < -0.4 is 9.80 Å². The summed E-state index contributed by atoms with van der Waals surface area (Å²) in [5.41, 5.74) is 2.71. The van der Waals surface area contributed by atoms with Crippen LogP contribution in [0.15, 0.2) is 24.5 Å². The van der Waals surface area contributed by atoms with Crippen LogP contribution >= 0.6 is 11.7 Å². The number of methoxy groups -OCH3 is 1. The van der Waals surface area contributed by atoms with Crippen LogP contribution in [-0.2, 0) is 11.2 Å². The Morgan fingerprint density at radius 2 is 2.03 bits per heavy atom. The summed E-state index contributed by atoms with van der Waals surface area (Å²) in [6.07, 6.45) is 5.34. The van der Waals surface area contributed by atoms with Crippen LogP contribution in [0.2, 0.25) is 0 Å². The molecule has 1 saturated heterocycles. The van der Waals surface area contributed by atoms with Crippen molar-refractivity contribution in [3.8, 4) is 11.5 Å². The molecular formula is C20H22FN7OS. The lowest BCUT2D eigenvalue weighted by Gasteiger charge is -2.36. The highest BCUT2D eigenvalue weighted by Crippen LogP contribution is 2.34. The van der Waals surface area contributed by atoms with Crippen molar-refractivity contribution >= 4 is 23.4 Å². The highest BCUT2D eigenvalue weighted by Gasteiger charge is 2.29. The minimum atomic E-state index is -0.281. The van der Waals surface area contributed by atoms with Gasteiger partial charge in [0.25, 0.3) is 0 Å². The van der Waals surface area contributed by atoms with E-state index >= 15 is 0 Å². The van der Waals surface area contributed by atoms with Gasteiger partial charge >= 0.3 is 0 Å². The molecular weight excluding hydrogens is 405 g/mol. The summed E-state index contributed by atoms with van der Waals surface area (Å²) in [6, 6.07) is 3.00. The third kappa shape index (κ3) is 3.50. The summed E-state index contributed by atoms with van der Waals surface area (Å²) in [5, 5.41) is 0. The molecule has 0 aromatic carbocycles. The van der Waals surface area contributed by atoms with Crippen LogP contribution in [0.3, 0.4) is 0 Å². The standard InChI is InChI=1S/C20H22FN7OS/c1-12-15-9-22-20(17-10-23-30-26-17)24-16(15)4-6-28(12)19-8-13(21)7-18(25-19)27-5-3-14(11-27)29-2/h7-10,12,14H,3-6,11H2,1-2H3. The van der Waals surface area contributed by atoms with Gasteiger partial charge in [-0.05, 0) is 13.3 Å². The molecule has 156 valence electrons. The van der Waals surface area contributed by atoms with Gasteiger partial charge in [0.1, 0.15) is 23.1 Å². The first-order valence-corrected chi connectivity index (χ1v) is 10.7. The summed E-state index contributed by atoms with van der Waals surface area (Å²) in [5.74, 6) is 1.61. The van der Waals surface area contributed by atoms with Gasteiger partial charge in [0.05, 0.1) is 35.8 Å². The lowest BCUT2D eigenvalue weighted by Crippen LogP contribution is -2.36. The number of halogens is 1. The molecule has 0 N–H and O–H groups in total. The quantitative estimate of drug-likeness (QED) is 0.629. The number of aromatic nitrogens is 5. The van der Waals surface area contributed by atoms with Gasteiger partial charge in [-0.1, -0.05) is 0 Å². The van der Waals surface area contributed by atoms with Gasteiger partial charge in [-0.3, -0.25) is 0 Å². The monoisotopic (exact) mass is 427 g/mol. The number of pyridine rings is 1. The van der Waals surface area contributed by atoms with Crippen molar-refractivity contribution in [2.45, 2.75) is 31.9 Å². The third-order valence-corrected chi connectivity index (χ3v) is 6.34. The van der Waals surface area contributed by atoms with Crippen molar-refractivity contribution in [1.82, 2.24) is 23.7 Å². The summed E-state index contributed by atoms with van der Waals surface area (Å²) >= 11 is 1.14. The van der Waals surface area contributed by atoms with Gasteiger partial charge in [0, 0.05) is 57.1 Å². The van der Waals surface area contributed by atoms with Gasteiger partial charge in [0.15, 0.2) is 5.82 Å². The fraction of sp³-hybridized carbons (Fsp3) is 0.450. The van der Waals surface area contributed by atoms with Crippen molar-refractivity contribution in [3.63, 3.8) is 0 Å². The molecule has 2 aliphatic rings. The smallest absolute Gasteiger partial charge is 0.181 e. The number of hydrogen-bond donors (Lipinski definition) is 0. The second-order valence-corrected chi connectivity index (χ2v) is 8.16. The molecule has 3 aromatic heterocycles. The maximum atomic E-state index is 14.5. The summed E-state index contributed by atoms with van der Waals surface area (Å²) in [7, 11) is 1.71. The Morgan fingerprint density at radius 1 is 1.17 bits per heavy atom. The fourth-order valence-electron chi connectivity index (χ4n) is 4.17. The maximum Gasteiger partial charge on any atom is 0.181 e. The van der Waals surface area contributed by atoms with Crippen molar-refractivity contribution in [3.05, 3.63) is 41.6 Å². The molecule has 0 saturated carbocycles. The van der Waals surface area contributed by atoms with Crippen LogP contribution in [0.4, 0.5) is 16.0 Å². The van der Waals surface area contributed by atoms with Gasteiger partial charge in [-0.25, -0.2) is 19.3 Å². The lowest BCUT2D eigenvalue weighted by molar-refractivity contribution is 0.121. The Balaban J connectivity index is 1.42. The van der Waals surface area contributed by atoms with Crippen LogP contribution in [0, 0.1) is 5.82 Å². The second kappa shape index (κ2) is 7.84. The lowest BCUT2D eigenvalue weighted by atomic mass is 9.99. The topological polar surface area (TPSA) is 80.2 Å². The summed E-state index contributed by atoms with van der Waals surface area (Å²) in [6.45, 7) is 4.33. The average Bonchev–Trinajstić information content (AvgIpc) is 3.45. The van der Waals surface area contributed by atoms with E-state index in [-0.39, 0.29) is 18.0 Å². The molecule has 0 radical (unpaired) electrons. The van der Waals surface area contributed by atoms with Crippen molar-refractivity contribution in [2.24, 2.45) is 0 Å². The Kier molecular flexibility index (Phi) is 5.03. The highest BCUT2D eigenvalue weighted by molar-refractivity contribution is 6.99. The number of fused-ring (bicyclic) bond motifs is 1. The molecule has 30 heavy (non-hydrogen) atoms. The minimum Gasteiger partial charge on any atom is -0.380 e. The maximum absolute atomic E-state index is 14.5. The van der Waals surface area contributed by atoms with E-state index in [2.05, 4.69) is 30.5 Å². The molecule has 5 rings (SSSR count). The first kappa shape index (κ1) is 19.3. The Hall–Kier alpha value is -2.72. The van der Waals surface area contributed by atoms with E-state index in [1.165, 1.54) is 12.1 Å². The van der Waals surface area contributed by atoms with Crippen molar-refractivity contribution in [2.75, 3.05) is 36.5 Å². The number of hydrogen-bond acceptors (Lipinski definition) is 9. The number of rotatable bonds is 4. The predicted molar refractivity (Wildman–Crippen MR) is 112 cm³/mol. The molecule has 2 aliphatic heterocycles. The number of anilines is 2. The van der Waals surface area contributed by atoms with E-state index < -0.39 is 0 Å². The molecule has 3 aromatic rings. The van der Waals surface area contributed by atoms with E-state index in [9.17, 15) is 4.39 Å². The van der Waals surface area contributed by atoms with E-state index in [1.807, 2.05) is 6.20 Å². The van der Waals surface area contributed by atoms with Gasteiger partial charge < -0.3 is 14.5 Å². The molecule has 2 unspecified atom stereocenters. The molecule has 5 heterocycles. The zero-order valence-electron chi connectivity index (χ0n) is 16.8. The molecule has 2 atom stereocenters. The van der Waals surface area contributed by atoms with E-state index in [0.717, 1.165) is 48.9 Å². The van der Waals surface area contributed by atoms with Gasteiger partial charge in [0.2, 0.25) is 0 Å². The van der Waals surface area contributed by atoms with Crippen LogP contribution in [-0.4, -0.2) is 56.5 Å². The zero-order valence-corrected chi connectivity index (χ0v) is 17.6. The minimum absolute atomic E-state index is 0.0104. The highest BCUT2D eigenvalue weighted by atomic mass is 32.1. The summed E-state index contributed by atoms with van der Waals surface area (Å²) in [4.78, 5) is 18.2. The predicted octanol–water partition coefficient (Wildman–Crippen LogP) is 2.88. The summed E-state index contributed by atoms with van der Waals surface area (Å²) < 4.78 is 28.2. The normalized spacial score (nSPS) is 21.2. The zero-order chi connectivity index (χ0) is 20.7. The Bertz CT molecular complexity index is 1050. The SMILES string of the molecule is COC1CCN(c2cc(F)cc(N3CCc4nc(-c5cnsn5)ncc4C3C)n2)C1. The fourth-order valence-corrected chi connectivity index (χ4v) is 4.58. The molecule has 1 fully saturated rings. The Labute approximate surface area is 178 Å². The van der Waals surface area contributed by atoms with Crippen LogP contribution in [0.5, 0.6) is 0 Å².